The topological polar surface area (TPSA) is 68.8 Å². The lowest BCUT2D eigenvalue weighted by atomic mass is 10.2. The van der Waals surface area contributed by atoms with Gasteiger partial charge in [-0.2, -0.15) is 5.10 Å². The molecule has 0 aliphatic heterocycles. The summed E-state index contributed by atoms with van der Waals surface area (Å²) < 4.78 is 2.97. The zero-order valence-electron chi connectivity index (χ0n) is 10.8. The number of nitrogens with zero attached hydrogens (tertiary/aromatic N) is 3. The number of nitrogen functional groups attached to an aromatic ring is 1. The van der Waals surface area contributed by atoms with Gasteiger partial charge in [0, 0.05) is 30.5 Å². The van der Waals surface area contributed by atoms with E-state index in [9.17, 15) is 0 Å². The normalized spacial score (nSPS) is 11.1. The number of benzene rings is 1. The molecule has 2 heterocycles. The molecule has 5 nitrogen and oxygen atoms in total. The Labute approximate surface area is 115 Å². The van der Waals surface area contributed by atoms with E-state index in [1.54, 1.807) is 11.3 Å². The van der Waals surface area contributed by atoms with E-state index in [1.165, 1.54) is 5.56 Å². The van der Waals surface area contributed by atoms with Crippen molar-refractivity contribution in [2.75, 3.05) is 11.1 Å². The smallest absolute Gasteiger partial charge is 0.184 e. The van der Waals surface area contributed by atoms with Gasteiger partial charge in [0.1, 0.15) is 0 Å². The number of nitrogens with one attached hydrogen (secondary N) is 1. The monoisotopic (exact) mass is 273 g/mol. The Morgan fingerprint density at radius 2 is 2.26 bits per heavy atom. The van der Waals surface area contributed by atoms with Gasteiger partial charge in [0.2, 0.25) is 0 Å². The first-order valence-corrected chi connectivity index (χ1v) is 6.82. The average molecular weight is 273 g/mol. The summed E-state index contributed by atoms with van der Waals surface area (Å²) in [6.45, 7) is 2.79. The summed E-state index contributed by atoms with van der Waals surface area (Å²) in [6.07, 6.45) is 1.88. The van der Waals surface area contributed by atoms with Crippen LogP contribution in [0, 0.1) is 6.92 Å². The van der Waals surface area contributed by atoms with Gasteiger partial charge in [-0.3, -0.25) is 4.68 Å². The summed E-state index contributed by atoms with van der Waals surface area (Å²) in [5, 5.41) is 8.47. The highest BCUT2D eigenvalue weighted by Gasteiger charge is 2.06. The molecule has 3 N–H and O–H groups in total. The Bertz CT molecular complexity index is 728. The van der Waals surface area contributed by atoms with Gasteiger partial charge in [-0.25, -0.2) is 4.98 Å². The molecule has 0 saturated heterocycles. The van der Waals surface area contributed by atoms with Gasteiger partial charge in [0.25, 0.3) is 0 Å². The van der Waals surface area contributed by atoms with Crippen molar-refractivity contribution in [2.45, 2.75) is 13.5 Å². The van der Waals surface area contributed by atoms with E-state index < -0.39 is 0 Å². The van der Waals surface area contributed by atoms with Crippen LogP contribution in [0.1, 0.15) is 11.3 Å². The number of hydrogen-bond donors (Lipinski definition) is 2. The lowest BCUT2D eigenvalue weighted by Crippen LogP contribution is -2.00. The minimum absolute atomic E-state index is 0.731. The molecule has 0 radical (unpaired) electrons. The van der Waals surface area contributed by atoms with E-state index >= 15 is 0 Å². The second kappa shape index (κ2) is 4.55. The molecule has 0 aliphatic carbocycles. The summed E-state index contributed by atoms with van der Waals surface area (Å²) in [7, 11) is 1.94. The number of rotatable bonds is 3. The number of hydrogen-bond acceptors (Lipinski definition) is 5. The lowest BCUT2D eigenvalue weighted by Gasteiger charge is -2.01. The quantitative estimate of drug-likeness (QED) is 0.720. The van der Waals surface area contributed by atoms with Gasteiger partial charge < -0.3 is 11.1 Å². The highest BCUT2D eigenvalue weighted by atomic mass is 32.1. The molecule has 1 aromatic carbocycles. The Morgan fingerprint density at radius 3 is 3.00 bits per heavy atom. The average Bonchev–Trinajstić information content (AvgIpc) is 2.92. The van der Waals surface area contributed by atoms with Crippen molar-refractivity contribution in [3.05, 3.63) is 35.7 Å². The SMILES string of the molecule is Cc1c(CNc2nc3ccc(N)cc3s2)cnn1C. The maximum Gasteiger partial charge on any atom is 0.184 e. The minimum Gasteiger partial charge on any atom is -0.399 e. The molecule has 0 bridgehead atoms. The van der Waals surface area contributed by atoms with Crippen molar-refractivity contribution >= 4 is 32.4 Å². The molecule has 6 heteroatoms. The van der Waals surface area contributed by atoms with Crippen molar-refractivity contribution in [1.82, 2.24) is 14.8 Å². The van der Waals surface area contributed by atoms with Gasteiger partial charge in [0.05, 0.1) is 16.4 Å². The van der Waals surface area contributed by atoms with Crippen LogP contribution in [0.4, 0.5) is 10.8 Å². The van der Waals surface area contributed by atoms with Gasteiger partial charge in [-0.05, 0) is 25.1 Å². The van der Waals surface area contributed by atoms with Crippen LogP contribution in [0.2, 0.25) is 0 Å². The molecule has 0 amide bonds. The summed E-state index contributed by atoms with van der Waals surface area (Å²) in [6, 6.07) is 5.77. The number of anilines is 2. The van der Waals surface area contributed by atoms with Crippen molar-refractivity contribution in [3.8, 4) is 0 Å². The third kappa shape index (κ3) is 2.26. The van der Waals surface area contributed by atoms with Crippen LogP contribution in [0.3, 0.4) is 0 Å². The molecule has 0 spiro atoms. The molecule has 0 atom stereocenters. The van der Waals surface area contributed by atoms with E-state index in [2.05, 4.69) is 22.3 Å². The second-order valence-corrected chi connectivity index (χ2v) is 5.51. The van der Waals surface area contributed by atoms with Crippen LogP contribution in [0.25, 0.3) is 10.2 Å². The molecule has 3 aromatic rings. The Kier molecular flexibility index (Phi) is 2.87. The minimum atomic E-state index is 0.731. The molecule has 19 heavy (non-hydrogen) atoms. The molecule has 98 valence electrons. The largest absolute Gasteiger partial charge is 0.399 e. The van der Waals surface area contributed by atoms with Crippen LogP contribution in [-0.4, -0.2) is 14.8 Å². The van der Waals surface area contributed by atoms with E-state index in [0.29, 0.717) is 0 Å². The molecule has 3 rings (SSSR count). The molecule has 0 fully saturated rings. The standard InChI is InChI=1S/C13H15N5S/c1-8-9(7-16-18(8)2)6-15-13-17-11-4-3-10(14)5-12(11)19-13/h3-5,7H,6,14H2,1-2H3,(H,15,17). The predicted octanol–water partition coefficient (Wildman–Crippen LogP) is 2.53. The van der Waals surface area contributed by atoms with E-state index in [4.69, 9.17) is 5.73 Å². The van der Waals surface area contributed by atoms with Crippen molar-refractivity contribution in [3.63, 3.8) is 0 Å². The first kappa shape index (κ1) is 12.0. The highest BCUT2D eigenvalue weighted by molar-refractivity contribution is 7.22. The van der Waals surface area contributed by atoms with Gasteiger partial charge in [-0.1, -0.05) is 11.3 Å². The zero-order chi connectivity index (χ0) is 13.4. The van der Waals surface area contributed by atoms with Crippen molar-refractivity contribution in [1.29, 1.82) is 0 Å². The summed E-state index contributed by atoms with van der Waals surface area (Å²) in [4.78, 5) is 4.53. The van der Waals surface area contributed by atoms with Gasteiger partial charge in [0.15, 0.2) is 5.13 Å². The molecule has 2 aromatic heterocycles. The van der Waals surface area contributed by atoms with E-state index in [0.717, 1.165) is 33.3 Å². The van der Waals surface area contributed by atoms with Crippen molar-refractivity contribution < 1.29 is 0 Å². The van der Waals surface area contributed by atoms with Crippen molar-refractivity contribution in [2.24, 2.45) is 7.05 Å². The number of aromatic nitrogens is 3. The first-order chi connectivity index (χ1) is 9.13. The number of fused-ring (bicyclic) bond motifs is 1. The third-order valence-electron chi connectivity index (χ3n) is 3.18. The Balaban J connectivity index is 1.80. The zero-order valence-corrected chi connectivity index (χ0v) is 11.7. The number of thiazole rings is 1. The van der Waals surface area contributed by atoms with Gasteiger partial charge >= 0.3 is 0 Å². The van der Waals surface area contributed by atoms with E-state index in [-0.39, 0.29) is 0 Å². The number of aryl methyl sites for hydroxylation is 1. The predicted molar refractivity (Wildman–Crippen MR) is 79.3 cm³/mol. The fraction of sp³-hybridized carbons (Fsp3) is 0.231. The number of nitrogens with two attached hydrogens (primary N) is 1. The Hall–Kier alpha value is -2.08. The van der Waals surface area contributed by atoms with Crippen LogP contribution in [-0.2, 0) is 13.6 Å². The van der Waals surface area contributed by atoms with Crippen LogP contribution < -0.4 is 11.1 Å². The lowest BCUT2D eigenvalue weighted by molar-refractivity contribution is 0.738. The second-order valence-electron chi connectivity index (χ2n) is 4.48. The highest BCUT2D eigenvalue weighted by Crippen LogP contribution is 2.27. The maximum absolute atomic E-state index is 5.77. The first-order valence-electron chi connectivity index (χ1n) is 6.01. The molecular weight excluding hydrogens is 258 g/mol. The van der Waals surface area contributed by atoms with E-state index in [1.807, 2.05) is 36.1 Å². The fourth-order valence-corrected chi connectivity index (χ4v) is 2.82. The van der Waals surface area contributed by atoms with Crippen LogP contribution in [0.5, 0.6) is 0 Å². The molecular formula is C13H15N5S. The Morgan fingerprint density at radius 1 is 1.42 bits per heavy atom. The van der Waals surface area contributed by atoms with Gasteiger partial charge in [-0.15, -0.1) is 0 Å². The fourth-order valence-electron chi connectivity index (χ4n) is 1.91. The third-order valence-corrected chi connectivity index (χ3v) is 4.16. The van der Waals surface area contributed by atoms with Crippen LogP contribution in [0.15, 0.2) is 24.4 Å². The summed E-state index contributed by atoms with van der Waals surface area (Å²) >= 11 is 1.61. The molecule has 0 aliphatic rings. The summed E-state index contributed by atoms with van der Waals surface area (Å²) in [5.41, 5.74) is 9.86. The van der Waals surface area contributed by atoms with Crippen LogP contribution >= 0.6 is 11.3 Å². The molecule has 0 unspecified atom stereocenters. The molecule has 0 saturated carbocycles. The maximum atomic E-state index is 5.77. The summed E-state index contributed by atoms with van der Waals surface area (Å²) in [5.74, 6) is 0.